The largest absolute Gasteiger partial charge is 0.381 e. The van der Waals surface area contributed by atoms with Crippen molar-refractivity contribution in [2.45, 2.75) is 63.9 Å². The van der Waals surface area contributed by atoms with Crippen molar-refractivity contribution >= 4 is 5.78 Å². The Kier molecular flexibility index (Phi) is 3.60. The molecule has 0 bridgehead atoms. The minimum Gasteiger partial charge on any atom is -0.381 e. The van der Waals surface area contributed by atoms with Crippen molar-refractivity contribution in [1.82, 2.24) is 0 Å². The van der Waals surface area contributed by atoms with E-state index in [1.165, 1.54) is 30.4 Å². The SMILES string of the molecule is COC1CCC2(CC1)Cc1ccc(CCC3CC3)cc1C2=O. The molecule has 3 aliphatic carbocycles. The van der Waals surface area contributed by atoms with Gasteiger partial charge in [-0.2, -0.15) is 0 Å². The third kappa shape index (κ3) is 2.52. The molecular weight excluding hydrogens is 272 g/mol. The van der Waals surface area contributed by atoms with Crippen LogP contribution in [0.15, 0.2) is 18.2 Å². The van der Waals surface area contributed by atoms with Crippen LogP contribution < -0.4 is 0 Å². The van der Waals surface area contributed by atoms with Crippen LogP contribution >= 0.6 is 0 Å². The van der Waals surface area contributed by atoms with E-state index in [1.807, 2.05) is 0 Å². The summed E-state index contributed by atoms with van der Waals surface area (Å²) in [5.74, 6) is 1.38. The lowest BCUT2D eigenvalue weighted by Crippen LogP contribution is -2.35. The first-order chi connectivity index (χ1) is 10.7. The third-order valence-corrected chi connectivity index (χ3v) is 6.19. The van der Waals surface area contributed by atoms with Gasteiger partial charge in [0.05, 0.1) is 6.10 Å². The van der Waals surface area contributed by atoms with Gasteiger partial charge in [-0.1, -0.05) is 25.0 Å². The molecule has 1 spiro atoms. The molecule has 2 heteroatoms. The summed E-state index contributed by atoms with van der Waals surface area (Å²) >= 11 is 0. The predicted molar refractivity (Wildman–Crippen MR) is 87.2 cm³/mol. The summed E-state index contributed by atoms with van der Waals surface area (Å²) < 4.78 is 5.47. The van der Waals surface area contributed by atoms with E-state index in [9.17, 15) is 4.79 Å². The number of ether oxygens (including phenoxy) is 1. The molecule has 2 saturated carbocycles. The van der Waals surface area contributed by atoms with Gasteiger partial charge in [0.1, 0.15) is 0 Å². The second-order valence-electron chi connectivity index (χ2n) is 7.69. The van der Waals surface area contributed by atoms with Crippen LogP contribution in [0.25, 0.3) is 0 Å². The Bertz CT molecular complexity index is 577. The monoisotopic (exact) mass is 298 g/mol. The third-order valence-electron chi connectivity index (χ3n) is 6.19. The maximum Gasteiger partial charge on any atom is 0.169 e. The van der Waals surface area contributed by atoms with Gasteiger partial charge in [0.2, 0.25) is 0 Å². The fourth-order valence-corrected chi connectivity index (χ4v) is 4.44. The van der Waals surface area contributed by atoms with Gasteiger partial charge in [0, 0.05) is 18.1 Å². The van der Waals surface area contributed by atoms with E-state index >= 15 is 0 Å². The van der Waals surface area contributed by atoms with Crippen molar-refractivity contribution < 1.29 is 9.53 Å². The standard InChI is InChI=1S/C20H26O2/c1-22-17-8-10-20(11-9-17)13-16-7-6-15(5-4-14-2-3-14)12-18(16)19(20)21/h6-7,12,14,17H,2-5,8-11,13H2,1H3. The van der Waals surface area contributed by atoms with E-state index in [4.69, 9.17) is 4.74 Å². The average molecular weight is 298 g/mol. The highest BCUT2D eigenvalue weighted by molar-refractivity contribution is 6.05. The summed E-state index contributed by atoms with van der Waals surface area (Å²) in [7, 11) is 1.79. The Labute approximate surface area is 133 Å². The predicted octanol–water partition coefficient (Wildman–Crippen LogP) is 4.34. The molecule has 0 heterocycles. The molecule has 4 rings (SSSR count). The van der Waals surface area contributed by atoms with E-state index in [0.717, 1.165) is 50.0 Å². The normalized spacial score (nSPS) is 30.8. The molecule has 2 nitrogen and oxygen atoms in total. The summed E-state index contributed by atoms with van der Waals surface area (Å²) in [6.45, 7) is 0. The van der Waals surface area contributed by atoms with Crippen LogP contribution in [0.5, 0.6) is 0 Å². The molecule has 3 aliphatic rings. The van der Waals surface area contributed by atoms with Crippen LogP contribution in [0.2, 0.25) is 0 Å². The lowest BCUT2D eigenvalue weighted by atomic mass is 9.70. The number of aryl methyl sites for hydroxylation is 1. The van der Waals surface area contributed by atoms with Gasteiger partial charge in [-0.3, -0.25) is 4.79 Å². The minimum atomic E-state index is -0.105. The summed E-state index contributed by atoms with van der Waals surface area (Å²) in [6, 6.07) is 6.69. The minimum absolute atomic E-state index is 0.105. The molecule has 22 heavy (non-hydrogen) atoms. The van der Waals surface area contributed by atoms with Gasteiger partial charge in [-0.25, -0.2) is 0 Å². The number of carbonyl (C=O) groups excluding carboxylic acids is 1. The van der Waals surface area contributed by atoms with Crippen LogP contribution in [-0.4, -0.2) is 19.0 Å². The topological polar surface area (TPSA) is 26.3 Å². The van der Waals surface area contributed by atoms with Gasteiger partial charge < -0.3 is 4.74 Å². The number of benzene rings is 1. The lowest BCUT2D eigenvalue weighted by Gasteiger charge is -2.35. The number of rotatable bonds is 4. The quantitative estimate of drug-likeness (QED) is 0.826. The molecule has 0 saturated heterocycles. The van der Waals surface area contributed by atoms with Crippen molar-refractivity contribution in [2.24, 2.45) is 11.3 Å². The number of fused-ring (bicyclic) bond motifs is 1. The zero-order chi connectivity index (χ0) is 15.2. The van der Waals surface area contributed by atoms with Crippen LogP contribution in [0.3, 0.4) is 0 Å². The number of carbonyl (C=O) groups is 1. The Morgan fingerprint density at radius 1 is 1.18 bits per heavy atom. The van der Waals surface area contributed by atoms with Crippen molar-refractivity contribution in [1.29, 1.82) is 0 Å². The zero-order valence-corrected chi connectivity index (χ0v) is 13.6. The van der Waals surface area contributed by atoms with E-state index < -0.39 is 0 Å². The van der Waals surface area contributed by atoms with Gasteiger partial charge in [-0.05, 0) is 68.1 Å². The molecule has 2 fully saturated rings. The van der Waals surface area contributed by atoms with Gasteiger partial charge in [0.25, 0.3) is 0 Å². The van der Waals surface area contributed by atoms with Crippen molar-refractivity contribution in [3.05, 3.63) is 34.9 Å². The highest BCUT2D eigenvalue weighted by Crippen LogP contribution is 2.48. The molecule has 0 aliphatic heterocycles. The molecular formula is C20H26O2. The van der Waals surface area contributed by atoms with E-state index in [-0.39, 0.29) is 5.41 Å². The van der Waals surface area contributed by atoms with Crippen LogP contribution in [0, 0.1) is 11.3 Å². The van der Waals surface area contributed by atoms with E-state index in [0.29, 0.717) is 11.9 Å². The Morgan fingerprint density at radius 3 is 2.64 bits per heavy atom. The zero-order valence-electron chi connectivity index (χ0n) is 13.6. The highest BCUT2D eigenvalue weighted by atomic mass is 16.5. The first-order valence-electron chi connectivity index (χ1n) is 8.90. The Balaban J connectivity index is 1.51. The first kappa shape index (κ1) is 14.4. The number of hydrogen-bond donors (Lipinski definition) is 0. The second-order valence-corrected chi connectivity index (χ2v) is 7.69. The van der Waals surface area contributed by atoms with Crippen molar-refractivity contribution in [3.63, 3.8) is 0 Å². The summed E-state index contributed by atoms with van der Waals surface area (Å²) in [4.78, 5) is 13.0. The Morgan fingerprint density at radius 2 is 1.95 bits per heavy atom. The first-order valence-corrected chi connectivity index (χ1v) is 8.90. The van der Waals surface area contributed by atoms with E-state index in [1.54, 1.807) is 7.11 Å². The maximum absolute atomic E-state index is 13.0. The summed E-state index contributed by atoms with van der Waals surface area (Å²) in [5.41, 5.74) is 3.58. The van der Waals surface area contributed by atoms with Crippen LogP contribution in [0.4, 0.5) is 0 Å². The average Bonchev–Trinajstić information content (AvgIpc) is 3.34. The second kappa shape index (κ2) is 5.49. The molecule has 0 radical (unpaired) electrons. The van der Waals surface area contributed by atoms with Crippen molar-refractivity contribution in [2.75, 3.05) is 7.11 Å². The number of Topliss-reactive ketones (excluding diaryl/α,β-unsaturated/α-hetero) is 1. The van der Waals surface area contributed by atoms with Crippen molar-refractivity contribution in [3.8, 4) is 0 Å². The molecule has 1 aromatic rings. The molecule has 1 aromatic carbocycles. The molecule has 0 N–H and O–H groups in total. The fraction of sp³-hybridized carbons (Fsp3) is 0.650. The summed E-state index contributed by atoms with van der Waals surface area (Å²) in [5, 5.41) is 0. The molecule has 0 atom stereocenters. The van der Waals surface area contributed by atoms with Gasteiger partial charge in [-0.15, -0.1) is 0 Å². The van der Waals surface area contributed by atoms with Crippen LogP contribution in [0.1, 0.15) is 66.4 Å². The maximum atomic E-state index is 13.0. The number of methoxy groups -OCH3 is 1. The highest BCUT2D eigenvalue weighted by Gasteiger charge is 2.47. The lowest BCUT2D eigenvalue weighted by molar-refractivity contribution is 0.0285. The summed E-state index contributed by atoms with van der Waals surface area (Å²) in [6.07, 6.45) is 10.6. The van der Waals surface area contributed by atoms with E-state index in [2.05, 4.69) is 18.2 Å². The molecule has 0 unspecified atom stereocenters. The molecule has 0 aromatic heterocycles. The number of hydrogen-bond acceptors (Lipinski definition) is 2. The number of ketones is 1. The van der Waals surface area contributed by atoms with Crippen LogP contribution in [-0.2, 0) is 17.6 Å². The van der Waals surface area contributed by atoms with Gasteiger partial charge >= 0.3 is 0 Å². The fourth-order valence-electron chi connectivity index (χ4n) is 4.44. The molecule has 118 valence electrons. The smallest absolute Gasteiger partial charge is 0.169 e. The molecule has 0 amide bonds. The Hall–Kier alpha value is -1.15. The van der Waals surface area contributed by atoms with Gasteiger partial charge in [0.15, 0.2) is 5.78 Å².